The molecule has 0 radical (unpaired) electrons. The summed E-state index contributed by atoms with van der Waals surface area (Å²) < 4.78 is 10.8. The fraction of sp³-hybridized carbons (Fsp3) is 0.417. The topological polar surface area (TPSA) is 109 Å². The smallest absolute Gasteiger partial charge is 0.251 e. The molecule has 2 aromatic rings. The molecule has 31 heavy (non-hydrogen) atoms. The number of benzene rings is 2. The van der Waals surface area contributed by atoms with Crippen LogP contribution in [-0.2, 0) is 6.54 Å². The van der Waals surface area contributed by atoms with Gasteiger partial charge in [-0.3, -0.25) is 10.2 Å². The van der Waals surface area contributed by atoms with Crippen LogP contribution in [0.4, 0.5) is 5.69 Å². The SMILES string of the molecule is COc1cc(C(=O)NCc2ccc(C(=N)N)cc2NC2CCCCC2)cc(OC)c1C. The zero-order valence-corrected chi connectivity index (χ0v) is 18.5. The third-order valence-electron chi connectivity index (χ3n) is 5.84. The summed E-state index contributed by atoms with van der Waals surface area (Å²) in [6, 6.07) is 9.46. The lowest BCUT2D eigenvalue weighted by Gasteiger charge is -2.25. The van der Waals surface area contributed by atoms with Crippen LogP contribution in [0.2, 0.25) is 0 Å². The molecule has 7 heteroatoms. The maximum atomic E-state index is 12.8. The number of carbonyl (C=O) groups excluding carboxylic acids is 1. The number of methoxy groups -OCH3 is 2. The third-order valence-corrected chi connectivity index (χ3v) is 5.84. The van der Waals surface area contributed by atoms with E-state index in [0.717, 1.165) is 29.7 Å². The van der Waals surface area contributed by atoms with Crippen LogP contribution in [0.25, 0.3) is 0 Å². The lowest BCUT2D eigenvalue weighted by atomic mass is 9.95. The minimum absolute atomic E-state index is 0.0288. The van der Waals surface area contributed by atoms with Crippen molar-refractivity contribution >= 4 is 17.4 Å². The minimum Gasteiger partial charge on any atom is -0.496 e. The van der Waals surface area contributed by atoms with Gasteiger partial charge in [-0.2, -0.15) is 0 Å². The Morgan fingerprint density at radius 3 is 2.29 bits per heavy atom. The van der Waals surface area contributed by atoms with Crippen LogP contribution >= 0.6 is 0 Å². The average Bonchev–Trinajstić information content (AvgIpc) is 2.78. The van der Waals surface area contributed by atoms with Gasteiger partial charge in [0.05, 0.1) is 14.2 Å². The fourth-order valence-electron chi connectivity index (χ4n) is 3.99. The Morgan fingerprint density at radius 1 is 1.06 bits per heavy atom. The molecule has 2 aromatic carbocycles. The van der Waals surface area contributed by atoms with Crippen LogP contribution in [0.3, 0.4) is 0 Å². The van der Waals surface area contributed by atoms with Gasteiger partial charge in [0.15, 0.2) is 0 Å². The van der Waals surface area contributed by atoms with Gasteiger partial charge in [-0.05, 0) is 43.5 Å². The Morgan fingerprint density at radius 2 is 1.71 bits per heavy atom. The van der Waals surface area contributed by atoms with Gasteiger partial charge >= 0.3 is 0 Å². The van der Waals surface area contributed by atoms with E-state index in [-0.39, 0.29) is 11.7 Å². The van der Waals surface area contributed by atoms with Crippen molar-refractivity contribution < 1.29 is 14.3 Å². The number of nitrogens with one attached hydrogen (secondary N) is 3. The summed E-state index contributed by atoms with van der Waals surface area (Å²) in [6.07, 6.45) is 5.95. The molecule has 0 aromatic heterocycles. The highest BCUT2D eigenvalue weighted by atomic mass is 16.5. The second-order valence-corrected chi connectivity index (χ2v) is 7.95. The Hall–Kier alpha value is -3.22. The van der Waals surface area contributed by atoms with Crippen molar-refractivity contribution in [3.63, 3.8) is 0 Å². The predicted octanol–water partition coefficient (Wildman–Crippen LogP) is 3.97. The molecular formula is C24H32N4O3. The molecule has 7 nitrogen and oxygen atoms in total. The van der Waals surface area contributed by atoms with Gasteiger partial charge in [0.25, 0.3) is 5.91 Å². The number of rotatable bonds is 8. The molecule has 0 aliphatic heterocycles. The molecule has 0 saturated heterocycles. The first-order valence-corrected chi connectivity index (χ1v) is 10.7. The second kappa shape index (κ2) is 10.2. The van der Waals surface area contributed by atoms with E-state index in [1.165, 1.54) is 19.3 Å². The summed E-state index contributed by atoms with van der Waals surface area (Å²) in [5, 5.41) is 14.4. The highest BCUT2D eigenvalue weighted by Crippen LogP contribution is 2.30. The predicted molar refractivity (Wildman–Crippen MR) is 123 cm³/mol. The van der Waals surface area contributed by atoms with Crippen LogP contribution in [-0.4, -0.2) is 32.0 Å². The van der Waals surface area contributed by atoms with E-state index in [1.54, 1.807) is 26.4 Å². The first-order valence-electron chi connectivity index (χ1n) is 10.7. The van der Waals surface area contributed by atoms with Gasteiger partial charge in [-0.25, -0.2) is 0 Å². The molecule has 0 heterocycles. The summed E-state index contributed by atoms with van der Waals surface area (Å²) in [4.78, 5) is 12.8. The van der Waals surface area contributed by atoms with E-state index in [2.05, 4.69) is 10.6 Å². The molecule has 0 atom stereocenters. The minimum atomic E-state index is -0.212. The van der Waals surface area contributed by atoms with Crippen molar-refractivity contribution in [1.82, 2.24) is 5.32 Å². The van der Waals surface area contributed by atoms with Crippen LogP contribution in [0.15, 0.2) is 30.3 Å². The molecule has 1 aliphatic rings. The van der Waals surface area contributed by atoms with Crippen molar-refractivity contribution in [2.45, 2.75) is 51.6 Å². The van der Waals surface area contributed by atoms with Gasteiger partial charge in [0.2, 0.25) is 0 Å². The van der Waals surface area contributed by atoms with E-state index < -0.39 is 0 Å². The van der Waals surface area contributed by atoms with Gasteiger partial charge in [0.1, 0.15) is 17.3 Å². The van der Waals surface area contributed by atoms with E-state index in [9.17, 15) is 4.79 Å². The maximum absolute atomic E-state index is 12.8. The Bertz CT molecular complexity index is 927. The molecule has 0 bridgehead atoms. The monoisotopic (exact) mass is 424 g/mol. The van der Waals surface area contributed by atoms with E-state index in [4.69, 9.17) is 20.6 Å². The number of amidine groups is 1. The molecule has 1 amide bonds. The third kappa shape index (κ3) is 5.48. The van der Waals surface area contributed by atoms with Crippen molar-refractivity contribution in [3.05, 3.63) is 52.6 Å². The molecule has 1 saturated carbocycles. The first-order chi connectivity index (χ1) is 14.9. The van der Waals surface area contributed by atoms with Gasteiger partial charge in [0, 0.05) is 35.0 Å². The number of hydrogen-bond donors (Lipinski definition) is 4. The molecule has 1 fully saturated rings. The maximum Gasteiger partial charge on any atom is 0.251 e. The number of ether oxygens (including phenoxy) is 2. The molecule has 3 rings (SSSR count). The van der Waals surface area contributed by atoms with E-state index in [0.29, 0.717) is 35.2 Å². The van der Waals surface area contributed by atoms with E-state index >= 15 is 0 Å². The molecule has 0 unspecified atom stereocenters. The second-order valence-electron chi connectivity index (χ2n) is 7.95. The van der Waals surface area contributed by atoms with Crippen molar-refractivity contribution in [1.29, 1.82) is 5.41 Å². The Balaban J connectivity index is 1.78. The van der Waals surface area contributed by atoms with Crippen molar-refractivity contribution in [2.75, 3.05) is 19.5 Å². The number of anilines is 1. The standard InChI is InChI=1S/C24H32N4O3/c1-15-21(30-2)12-18(13-22(15)31-3)24(29)27-14-17-10-9-16(23(25)26)11-20(17)28-19-7-5-4-6-8-19/h9-13,19,28H,4-8,14H2,1-3H3,(H3,25,26)(H,27,29). The molecule has 5 N–H and O–H groups in total. The van der Waals surface area contributed by atoms with Gasteiger partial charge in [-0.15, -0.1) is 0 Å². The molecule has 0 spiro atoms. The average molecular weight is 425 g/mol. The summed E-state index contributed by atoms with van der Waals surface area (Å²) in [7, 11) is 3.15. The number of nitrogens with two attached hydrogens (primary N) is 1. The van der Waals surface area contributed by atoms with E-state index in [1.807, 2.05) is 25.1 Å². The largest absolute Gasteiger partial charge is 0.496 e. The van der Waals surface area contributed by atoms with Gasteiger partial charge in [-0.1, -0.05) is 31.4 Å². The number of carbonyl (C=O) groups is 1. The summed E-state index contributed by atoms with van der Waals surface area (Å²) >= 11 is 0. The summed E-state index contributed by atoms with van der Waals surface area (Å²) in [5.74, 6) is 1.03. The molecule has 1 aliphatic carbocycles. The van der Waals surface area contributed by atoms with Crippen LogP contribution in [0, 0.1) is 12.3 Å². The fourth-order valence-corrected chi connectivity index (χ4v) is 3.99. The number of hydrogen-bond acceptors (Lipinski definition) is 5. The normalized spacial score (nSPS) is 14.0. The Kier molecular flexibility index (Phi) is 7.39. The lowest BCUT2D eigenvalue weighted by Crippen LogP contribution is -2.26. The highest BCUT2D eigenvalue weighted by Gasteiger charge is 2.17. The van der Waals surface area contributed by atoms with Crippen LogP contribution in [0.1, 0.15) is 59.2 Å². The first kappa shape index (κ1) is 22.5. The van der Waals surface area contributed by atoms with Crippen LogP contribution in [0.5, 0.6) is 11.5 Å². The quantitative estimate of drug-likeness (QED) is 0.379. The van der Waals surface area contributed by atoms with Crippen LogP contribution < -0.4 is 25.8 Å². The highest BCUT2D eigenvalue weighted by molar-refractivity contribution is 5.96. The zero-order chi connectivity index (χ0) is 22.4. The lowest BCUT2D eigenvalue weighted by molar-refractivity contribution is 0.0950. The zero-order valence-electron chi connectivity index (χ0n) is 18.5. The molecule has 166 valence electrons. The van der Waals surface area contributed by atoms with Crippen molar-refractivity contribution in [3.8, 4) is 11.5 Å². The van der Waals surface area contributed by atoms with Crippen molar-refractivity contribution in [2.24, 2.45) is 5.73 Å². The van der Waals surface area contributed by atoms with Gasteiger partial charge < -0.3 is 25.8 Å². The number of nitrogen functional groups attached to an aromatic ring is 1. The Labute approximate surface area is 183 Å². The summed E-state index contributed by atoms with van der Waals surface area (Å²) in [6.45, 7) is 2.24. The molecular weight excluding hydrogens is 392 g/mol. The number of amides is 1. The summed E-state index contributed by atoms with van der Waals surface area (Å²) in [5.41, 5.74) is 9.55.